The van der Waals surface area contributed by atoms with E-state index >= 15 is 0 Å². The Morgan fingerprint density at radius 1 is 1.37 bits per heavy atom. The number of carbonyl (C=O) groups is 2. The first-order chi connectivity index (χ1) is 9.04. The van der Waals surface area contributed by atoms with Crippen LogP contribution in [0.15, 0.2) is 29.8 Å². The molecule has 0 bridgehead atoms. The maximum atomic E-state index is 11.5. The normalized spacial score (nSPS) is 14.3. The van der Waals surface area contributed by atoms with Crippen molar-refractivity contribution in [2.75, 3.05) is 13.7 Å². The lowest BCUT2D eigenvalue weighted by Gasteiger charge is -2.02. The quantitative estimate of drug-likeness (QED) is 0.350. The molecule has 1 aliphatic heterocycles. The van der Waals surface area contributed by atoms with Crippen molar-refractivity contribution in [3.05, 3.63) is 45.5 Å². The van der Waals surface area contributed by atoms with E-state index in [0.29, 0.717) is 11.1 Å². The van der Waals surface area contributed by atoms with Gasteiger partial charge in [-0.3, -0.25) is 10.1 Å². The van der Waals surface area contributed by atoms with Crippen LogP contribution in [0.2, 0.25) is 0 Å². The van der Waals surface area contributed by atoms with E-state index in [1.807, 2.05) is 0 Å². The van der Waals surface area contributed by atoms with Gasteiger partial charge in [-0.15, -0.1) is 0 Å². The fraction of sp³-hybridized carbons (Fsp3) is 0.167. The third kappa shape index (κ3) is 2.30. The molecule has 1 aromatic carbocycles. The molecule has 0 fully saturated rings. The Balaban J connectivity index is 2.44. The van der Waals surface area contributed by atoms with Gasteiger partial charge in [-0.2, -0.15) is 0 Å². The molecule has 1 heterocycles. The molecule has 0 N–H and O–H groups in total. The Morgan fingerprint density at radius 2 is 2.00 bits per heavy atom. The van der Waals surface area contributed by atoms with Gasteiger partial charge in [0.2, 0.25) is 0 Å². The summed E-state index contributed by atoms with van der Waals surface area (Å²) in [5.41, 5.74) is 0.633. The molecular weight excluding hydrogens is 254 g/mol. The highest BCUT2D eigenvalue weighted by molar-refractivity contribution is 6.22. The van der Waals surface area contributed by atoms with E-state index < -0.39 is 16.9 Å². The van der Waals surface area contributed by atoms with Gasteiger partial charge in [0, 0.05) is 17.7 Å². The van der Waals surface area contributed by atoms with Crippen molar-refractivity contribution in [2.45, 2.75) is 0 Å². The monoisotopic (exact) mass is 263 g/mol. The third-order valence-corrected chi connectivity index (χ3v) is 2.67. The zero-order valence-electron chi connectivity index (χ0n) is 9.91. The summed E-state index contributed by atoms with van der Waals surface area (Å²) in [5, 5.41) is 10.5. The summed E-state index contributed by atoms with van der Waals surface area (Å²) in [6.45, 7) is -0.0545. The predicted octanol–water partition coefficient (Wildman–Crippen LogP) is 1.08. The van der Waals surface area contributed by atoms with Crippen molar-refractivity contribution < 1.29 is 24.0 Å². The summed E-state index contributed by atoms with van der Waals surface area (Å²) < 4.78 is 9.30. The lowest BCUT2D eigenvalue weighted by atomic mass is 10.0. The van der Waals surface area contributed by atoms with Gasteiger partial charge in [0.25, 0.3) is 5.69 Å². The fourth-order valence-corrected chi connectivity index (χ4v) is 1.73. The Morgan fingerprint density at radius 3 is 2.53 bits per heavy atom. The van der Waals surface area contributed by atoms with E-state index in [4.69, 9.17) is 4.74 Å². The van der Waals surface area contributed by atoms with Crippen molar-refractivity contribution in [3.8, 4) is 0 Å². The summed E-state index contributed by atoms with van der Waals surface area (Å²) >= 11 is 0. The van der Waals surface area contributed by atoms with Crippen LogP contribution in [0.3, 0.4) is 0 Å². The number of carbonyl (C=O) groups excluding carboxylic acids is 2. The van der Waals surface area contributed by atoms with E-state index in [-0.39, 0.29) is 17.9 Å². The number of nitro groups is 1. The second-order valence-corrected chi connectivity index (χ2v) is 3.73. The Hall–Kier alpha value is -2.70. The predicted molar refractivity (Wildman–Crippen MR) is 63.0 cm³/mol. The molecule has 0 saturated heterocycles. The summed E-state index contributed by atoms with van der Waals surface area (Å²) in [5.74, 6) is -1.53. The van der Waals surface area contributed by atoms with Crippen LogP contribution in [0.4, 0.5) is 5.69 Å². The number of ether oxygens (including phenoxy) is 2. The van der Waals surface area contributed by atoms with E-state index in [2.05, 4.69) is 4.74 Å². The number of esters is 2. The molecule has 1 aromatic rings. The van der Waals surface area contributed by atoms with E-state index in [1.165, 1.54) is 24.3 Å². The van der Waals surface area contributed by atoms with Crippen molar-refractivity contribution in [2.24, 2.45) is 0 Å². The van der Waals surface area contributed by atoms with Crippen LogP contribution in [0, 0.1) is 10.1 Å². The number of rotatable bonds is 3. The van der Waals surface area contributed by atoms with Gasteiger partial charge in [-0.1, -0.05) is 0 Å². The second kappa shape index (κ2) is 4.89. The van der Waals surface area contributed by atoms with Crippen LogP contribution in [-0.2, 0) is 19.1 Å². The Kier molecular flexibility index (Phi) is 3.28. The Labute approximate surface area is 107 Å². The molecule has 7 nitrogen and oxygen atoms in total. The van der Waals surface area contributed by atoms with Gasteiger partial charge in [0.1, 0.15) is 6.61 Å². The van der Waals surface area contributed by atoms with Crippen LogP contribution < -0.4 is 0 Å². The lowest BCUT2D eigenvalue weighted by molar-refractivity contribution is -0.384. The van der Waals surface area contributed by atoms with Crippen LogP contribution in [0.5, 0.6) is 0 Å². The molecule has 19 heavy (non-hydrogen) atoms. The number of non-ortho nitro benzene ring substituents is 1. The standard InChI is InChI=1S/C12H9NO6/c1-18-11(14)10-9(6-19-12(10)15)7-2-4-8(5-3-7)13(16)17/h2-5H,6H2,1H3. The molecule has 7 heteroatoms. The number of cyclic esters (lactones) is 1. The average molecular weight is 263 g/mol. The minimum Gasteiger partial charge on any atom is -0.465 e. The SMILES string of the molecule is COC(=O)C1=C(c2ccc([N+](=O)[O-])cc2)COC1=O. The lowest BCUT2D eigenvalue weighted by Crippen LogP contribution is -2.12. The molecule has 0 amide bonds. The summed E-state index contributed by atoms with van der Waals surface area (Å²) in [6.07, 6.45) is 0. The average Bonchev–Trinajstić information content (AvgIpc) is 2.80. The second-order valence-electron chi connectivity index (χ2n) is 3.73. The first-order valence-corrected chi connectivity index (χ1v) is 5.28. The molecule has 0 aromatic heterocycles. The highest BCUT2D eigenvalue weighted by Gasteiger charge is 2.32. The van der Waals surface area contributed by atoms with Crippen molar-refractivity contribution >= 4 is 23.2 Å². The zero-order chi connectivity index (χ0) is 14.0. The molecule has 98 valence electrons. The largest absolute Gasteiger partial charge is 0.465 e. The van der Waals surface area contributed by atoms with E-state index in [1.54, 1.807) is 0 Å². The first kappa shape index (κ1) is 12.7. The van der Waals surface area contributed by atoms with Crippen LogP contribution in [-0.4, -0.2) is 30.6 Å². The van der Waals surface area contributed by atoms with Gasteiger partial charge in [-0.05, 0) is 17.7 Å². The van der Waals surface area contributed by atoms with Crippen molar-refractivity contribution in [1.82, 2.24) is 0 Å². The summed E-state index contributed by atoms with van der Waals surface area (Å²) in [7, 11) is 1.16. The number of benzene rings is 1. The summed E-state index contributed by atoms with van der Waals surface area (Å²) in [4.78, 5) is 33.0. The minimum atomic E-state index is -0.782. The van der Waals surface area contributed by atoms with E-state index in [9.17, 15) is 19.7 Å². The zero-order valence-corrected chi connectivity index (χ0v) is 9.91. The van der Waals surface area contributed by atoms with Gasteiger partial charge in [0.05, 0.1) is 12.0 Å². The molecule has 0 radical (unpaired) electrons. The van der Waals surface area contributed by atoms with Gasteiger partial charge >= 0.3 is 11.9 Å². The number of hydrogen-bond acceptors (Lipinski definition) is 6. The molecule has 2 rings (SSSR count). The minimum absolute atomic E-state index is 0.0545. The molecule has 0 spiro atoms. The summed E-state index contributed by atoms with van der Waals surface area (Å²) in [6, 6.07) is 5.50. The van der Waals surface area contributed by atoms with Crippen molar-refractivity contribution in [3.63, 3.8) is 0 Å². The van der Waals surface area contributed by atoms with Gasteiger partial charge < -0.3 is 9.47 Å². The van der Waals surface area contributed by atoms with Crippen LogP contribution in [0.1, 0.15) is 5.56 Å². The first-order valence-electron chi connectivity index (χ1n) is 5.28. The number of hydrogen-bond donors (Lipinski definition) is 0. The van der Waals surface area contributed by atoms with Crippen LogP contribution >= 0.6 is 0 Å². The molecule has 0 saturated carbocycles. The molecule has 0 unspecified atom stereocenters. The molecular formula is C12H9NO6. The fourth-order valence-electron chi connectivity index (χ4n) is 1.73. The highest BCUT2D eigenvalue weighted by atomic mass is 16.6. The number of methoxy groups -OCH3 is 1. The molecule has 1 aliphatic rings. The van der Waals surface area contributed by atoms with Gasteiger partial charge in [0.15, 0.2) is 5.57 Å². The van der Waals surface area contributed by atoms with E-state index in [0.717, 1.165) is 7.11 Å². The van der Waals surface area contributed by atoms with Crippen LogP contribution in [0.25, 0.3) is 5.57 Å². The smallest absolute Gasteiger partial charge is 0.346 e. The Bertz CT molecular complexity index is 587. The topological polar surface area (TPSA) is 95.7 Å². The maximum Gasteiger partial charge on any atom is 0.346 e. The number of nitrogens with zero attached hydrogens (tertiary/aromatic N) is 1. The molecule has 0 atom stereocenters. The van der Waals surface area contributed by atoms with Crippen molar-refractivity contribution in [1.29, 1.82) is 0 Å². The molecule has 0 aliphatic carbocycles. The third-order valence-electron chi connectivity index (χ3n) is 2.67. The maximum absolute atomic E-state index is 11.5. The highest BCUT2D eigenvalue weighted by Crippen LogP contribution is 2.27. The number of nitro benzene ring substituents is 1. The van der Waals surface area contributed by atoms with Gasteiger partial charge in [-0.25, -0.2) is 9.59 Å².